The normalized spacial score (nSPS) is 20.2. The summed E-state index contributed by atoms with van der Waals surface area (Å²) >= 11 is 0. The number of piperidine rings is 1. The lowest BCUT2D eigenvalue weighted by molar-refractivity contribution is -0.119. The fraction of sp³-hybridized carbons (Fsp3) is 0.923. The lowest BCUT2D eigenvalue weighted by atomic mass is 9.95. The first-order chi connectivity index (χ1) is 8.52. The van der Waals surface area contributed by atoms with Gasteiger partial charge < -0.3 is 16.8 Å². The van der Waals surface area contributed by atoms with E-state index in [0.29, 0.717) is 24.4 Å². The second kappa shape index (κ2) is 7.71. The second-order valence-electron chi connectivity index (χ2n) is 5.66. The zero-order valence-electron chi connectivity index (χ0n) is 11.7. The van der Waals surface area contributed by atoms with E-state index in [1.165, 1.54) is 0 Å². The maximum atomic E-state index is 10.8. The molecule has 5 nitrogen and oxygen atoms in total. The topological polar surface area (TPSA) is 84.4 Å². The number of hydrogen-bond donors (Lipinski definition) is 3. The van der Waals surface area contributed by atoms with Crippen molar-refractivity contribution >= 4 is 5.91 Å². The number of primary amides is 1. The van der Waals surface area contributed by atoms with Gasteiger partial charge in [-0.3, -0.25) is 9.69 Å². The molecule has 0 bridgehead atoms. The fourth-order valence-corrected chi connectivity index (χ4v) is 2.42. The van der Waals surface area contributed by atoms with Crippen molar-refractivity contribution in [2.75, 3.05) is 32.7 Å². The van der Waals surface area contributed by atoms with Crippen molar-refractivity contribution in [3.05, 3.63) is 0 Å². The Morgan fingerprint density at radius 2 is 2.00 bits per heavy atom. The number of carbonyl (C=O) groups is 1. The quantitative estimate of drug-likeness (QED) is 0.587. The first-order valence-electron chi connectivity index (χ1n) is 6.97. The summed E-state index contributed by atoms with van der Waals surface area (Å²) in [5.41, 5.74) is 11.0. The minimum atomic E-state index is -0.232. The van der Waals surface area contributed by atoms with Crippen LogP contribution in [0.1, 0.15) is 26.7 Å². The summed E-state index contributed by atoms with van der Waals surface area (Å²) in [6.45, 7) is 8.47. The second-order valence-corrected chi connectivity index (χ2v) is 5.66. The molecule has 1 aliphatic rings. The molecule has 1 unspecified atom stereocenters. The average Bonchev–Trinajstić information content (AvgIpc) is 2.31. The van der Waals surface area contributed by atoms with Gasteiger partial charge in [-0.2, -0.15) is 0 Å². The summed E-state index contributed by atoms with van der Waals surface area (Å²) in [6, 6.07) is 0.557. The van der Waals surface area contributed by atoms with Crippen LogP contribution in [-0.4, -0.2) is 49.6 Å². The van der Waals surface area contributed by atoms with E-state index in [9.17, 15) is 4.79 Å². The van der Waals surface area contributed by atoms with E-state index < -0.39 is 0 Å². The highest BCUT2D eigenvalue weighted by molar-refractivity contribution is 5.75. The smallest absolute Gasteiger partial charge is 0.231 e. The van der Waals surface area contributed by atoms with Gasteiger partial charge in [-0.25, -0.2) is 0 Å². The van der Waals surface area contributed by atoms with Crippen LogP contribution in [0.15, 0.2) is 0 Å². The SMILES string of the molecule is CC(C)C(CN)CNC1CCN(CC(N)=O)CC1. The minimum Gasteiger partial charge on any atom is -0.369 e. The van der Waals surface area contributed by atoms with E-state index in [0.717, 1.165) is 39.0 Å². The number of nitrogens with zero attached hydrogens (tertiary/aromatic N) is 1. The van der Waals surface area contributed by atoms with Crippen molar-refractivity contribution in [3.63, 3.8) is 0 Å². The van der Waals surface area contributed by atoms with Crippen LogP contribution in [-0.2, 0) is 4.79 Å². The standard InChI is InChI=1S/C13H28N4O/c1-10(2)11(7-14)8-16-12-3-5-17(6-4-12)9-13(15)18/h10-12,16H,3-9,14H2,1-2H3,(H2,15,18). The molecule has 0 radical (unpaired) electrons. The lowest BCUT2D eigenvalue weighted by Gasteiger charge is -2.32. The van der Waals surface area contributed by atoms with Gasteiger partial charge in [-0.05, 0) is 37.8 Å². The van der Waals surface area contributed by atoms with Crippen LogP contribution < -0.4 is 16.8 Å². The Morgan fingerprint density at radius 1 is 1.39 bits per heavy atom. The summed E-state index contributed by atoms with van der Waals surface area (Å²) in [5.74, 6) is 0.940. The van der Waals surface area contributed by atoms with E-state index in [4.69, 9.17) is 11.5 Å². The maximum absolute atomic E-state index is 10.8. The number of nitrogens with one attached hydrogen (secondary N) is 1. The van der Waals surface area contributed by atoms with Crippen LogP contribution in [0.2, 0.25) is 0 Å². The Kier molecular flexibility index (Phi) is 6.60. The summed E-state index contributed by atoms with van der Waals surface area (Å²) < 4.78 is 0. The van der Waals surface area contributed by atoms with Gasteiger partial charge in [0.05, 0.1) is 6.54 Å². The summed E-state index contributed by atoms with van der Waals surface area (Å²) in [6.07, 6.45) is 2.17. The molecule has 0 spiro atoms. The van der Waals surface area contributed by atoms with Crippen molar-refractivity contribution in [1.29, 1.82) is 0 Å². The third kappa shape index (κ3) is 5.33. The van der Waals surface area contributed by atoms with Crippen molar-refractivity contribution in [1.82, 2.24) is 10.2 Å². The van der Waals surface area contributed by atoms with Gasteiger partial charge >= 0.3 is 0 Å². The zero-order chi connectivity index (χ0) is 13.5. The number of hydrogen-bond acceptors (Lipinski definition) is 4. The molecule has 5 N–H and O–H groups in total. The van der Waals surface area contributed by atoms with Gasteiger partial charge in [-0.15, -0.1) is 0 Å². The highest BCUT2D eigenvalue weighted by Crippen LogP contribution is 2.12. The third-order valence-corrected chi connectivity index (χ3v) is 3.88. The highest BCUT2D eigenvalue weighted by atomic mass is 16.1. The average molecular weight is 256 g/mol. The molecular formula is C13H28N4O. The summed E-state index contributed by atoms with van der Waals surface area (Å²) in [5, 5.41) is 3.60. The van der Waals surface area contributed by atoms with Gasteiger partial charge in [0.1, 0.15) is 0 Å². The van der Waals surface area contributed by atoms with Crippen molar-refractivity contribution in [2.24, 2.45) is 23.3 Å². The molecule has 1 atom stereocenters. The van der Waals surface area contributed by atoms with Crippen LogP contribution in [0.3, 0.4) is 0 Å². The molecule has 1 aliphatic heterocycles. The number of likely N-dealkylation sites (tertiary alicyclic amines) is 1. The number of carbonyl (C=O) groups excluding carboxylic acids is 1. The Morgan fingerprint density at radius 3 is 2.44 bits per heavy atom. The molecule has 1 heterocycles. The molecule has 18 heavy (non-hydrogen) atoms. The summed E-state index contributed by atoms with van der Waals surface area (Å²) in [4.78, 5) is 13.0. The molecule has 1 saturated heterocycles. The third-order valence-electron chi connectivity index (χ3n) is 3.88. The molecule has 0 aromatic carbocycles. The van der Waals surface area contributed by atoms with Gasteiger partial charge in [0.2, 0.25) is 5.91 Å². The van der Waals surface area contributed by atoms with Crippen LogP contribution in [0.5, 0.6) is 0 Å². The number of rotatable bonds is 7. The van der Waals surface area contributed by atoms with Gasteiger partial charge in [0, 0.05) is 19.1 Å². The van der Waals surface area contributed by atoms with Gasteiger partial charge in [-0.1, -0.05) is 13.8 Å². The number of nitrogens with two attached hydrogens (primary N) is 2. The summed E-state index contributed by atoms with van der Waals surface area (Å²) in [7, 11) is 0. The zero-order valence-corrected chi connectivity index (χ0v) is 11.7. The van der Waals surface area contributed by atoms with E-state index in [1.807, 2.05) is 0 Å². The van der Waals surface area contributed by atoms with Crippen LogP contribution in [0.4, 0.5) is 0 Å². The van der Waals surface area contributed by atoms with Crippen LogP contribution in [0, 0.1) is 11.8 Å². The molecule has 5 heteroatoms. The first-order valence-corrected chi connectivity index (χ1v) is 6.97. The molecule has 0 aliphatic carbocycles. The van der Waals surface area contributed by atoms with E-state index in [-0.39, 0.29) is 5.91 Å². The fourth-order valence-electron chi connectivity index (χ4n) is 2.42. The Balaban J connectivity index is 2.21. The molecule has 1 rings (SSSR count). The molecule has 106 valence electrons. The maximum Gasteiger partial charge on any atom is 0.231 e. The van der Waals surface area contributed by atoms with E-state index >= 15 is 0 Å². The van der Waals surface area contributed by atoms with Crippen molar-refractivity contribution in [3.8, 4) is 0 Å². The lowest BCUT2D eigenvalue weighted by Crippen LogP contribution is -2.47. The first kappa shape index (κ1) is 15.4. The number of amides is 1. The Bertz CT molecular complexity index is 249. The molecule has 0 aromatic rings. The molecule has 0 aromatic heterocycles. The largest absolute Gasteiger partial charge is 0.369 e. The molecule has 1 amide bonds. The Hall–Kier alpha value is -0.650. The van der Waals surface area contributed by atoms with Crippen LogP contribution in [0.25, 0.3) is 0 Å². The van der Waals surface area contributed by atoms with Crippen molar-refractivity contribution < 1.29 is 4.79 Å². The van der Waals surface area contributed by atoms with Crippen molar-refractivity contribution in [2.45, 2.75) is 32.7 Å². The van der Waals surface area contributed by atoms with Gasteiger partial charge in [0.25, 0.3) is 0 Å². The predicted molar refractivity (Wildman–Crippen MR) is 74.0 cm³/mol. The van der Waals surface area contributed by atoms with E-state index in [1.54, 1.807) is 0 Å². The van der Waals surface area contributed by atoms with Crippen LogP contribution >= 0.6 is 0 Å². The predicted octanol–water partition coefficient (Wildman–Crippen LogP) is -0.243. The highest BCUT2D eigenvalue weighted by Gasteiger charge is 2.21. The van der Waals surface area contributed by atoms with Gasteiger partial charge in [0.15, 0.2) is 0 Å². The van der Waals surface area contributed by atoms with E-state index in [2.05, 4.69) is 24.1 Å². The molecular weight excluding hydrogens is 228 g/mol. The monoisotopic (exact) mass is 256 g/mol. The molecule has 1 fully saturated rings. The minimum absolute atomic E-state index is 0.232. The Labute approximate surface area is 110 Å². The molecule has 0 saturated carbocycles.